The third-order valence-corrected chi connectivity index (χ3v) is 3.56. The molecule has 1 N–H and O–H groups in total. The zero-order valence-corrected chi connectivity index (χ0v) is 13.6. The predicted molar refractivity (Wildman–Crippen MR) is 84.4 cm³/mol. The summed E-state index contributed by atoms with van der Waals surface area (Å²) < 4.78 is 6.08. The molecule has 1 aromatic heterocycles. The van der Waals surface area contributed by atoms with Crippen molar-refractivity contribution in [2.45, 2.75) is 19.9 Å². The van der Waals surface area contributed by atoms with E-state index in [1.807, 2.05) is 31.2 Å². The molecule has 0 aliphatic heterocycles. The van der Waals surface area contributed by atoms with Crippen LogP contribution in [0.15, 0.2) is 28.9 Å². The minimum absolute atomic E-state index is 0.537. The van der Waals surface area contributed by atoms with E-state index in [0.29, 0.717) is 11.6 Å². The standard InChI is InChI=1S/C14H15BrClN3O/c1-3-13-18-12(15)7-14(19-13)17-8-9-10(16)5-4-6-11(9)20-2/h4-7H,3,8H2,1-2H3,(H,17,18,19). The first-order chi connectivity index (χ1) is 9.63. The normalized spacial score (nSPS) is 10.4. The second-order valence-corrected chi connectivity index (χ2v) is 5.34. The maximum absolute atomic E-state index is 6.20. The molecule has 0 bridgehead atoms. The molecule has 0 spiro atoms. The fourth-order valence-corrected chi connectivity index (χ4v) is 2.45. The lowest BCUT2D eigenvalue weighted by molar-refractivity contribution is 0.410. The summed E-state index contributed by atoms with van der Waals surface area (Å²) in [6.07, 6.45) is 0.781. The van der Waals surface area contributed by atoms with Gasteiger partial charge in [0, 0.05) is 29.6 Å². The van der Waals surface area contributed by atoms with Gasteiger partial charge in [0.15, 0.2) is 0 Å². The summed E-state index contributed by atoms with van der Waals surface area (Å²) in [6.45, 7) is 2.55. The van der Waals surface area contributed by atoms with Crippen molar-refractivity contribution in [1.29, 1.82) is 0 Å². The summed E-state index contributed by atoms with van der Waals surface area (Å²) in [4.78, 5) is 8.69. The third-order valence-electron chi connectivity index (χ3n) is 2.80. The lowest BCUT2D eigenvalue weighted by Crippen LogP contribution is -2.06. The van der Waals surface area contributed by atoms with Crippen molar-refractivity contribution in [1.82, 2.24) is 9.97 Å². The number of rotatable bonds is 5. The molecule has 1 heterocycles. The summed E-state index contributed by atoms with van der Waals surface area (Å²) >= 11 is 9.58. The van der Waals surface area contributed by atoms with Crippen LogP contribution in [0.3, 0.4) is 0 Å². The van der Waals surface area contributed by atoms with Crippen molar-refractivity contribution < 1.29 is 4.74 Å². The Hall–Kier alpha value is -1.33. The Morgan fingerprint density at radius 1 is 1.35 bits per heavy atom. The summed E-state index contributed by atoms with van der Waals surface area (Å²) in [6, 6.07) is 7.42. The van der Waals surface area contributed by atoms with Crippen LogP contribution in [0.5, 0.6) is 5.75 Å². The van der Waals surface area contributed by atoms with Crippen LogP contribution in [-0.2, 0) is 13.0 Å². The molecule has 0 atom stereocenters. The van der Waals surface area contributed by atoms with E-state index < -0.39 is 0 Å². The number of aromatic nitrogens is 2. The smallest absolute Gasteiger partial charge is 0.131 e. The molecule has 0 radical (unpaired) electrons. The lowest BCUT2D eigenvalue weighted by Gasteiger charge is -2.12. The van der Waals surface area contributed by atoms with Crippen molar-refractivity contribution in [3.63, 3.8) is 0 Å². The number of anilines is 1. The second kappa shape index (κ2) is 6.90. The Bertz CT molecular complexity index is 607. The SMILES string of the molecule is CCc1nc(Br)cc(NCc2c(Cl)cccc2OC)n1. The van der Waals surface area contributed by atoms with E-state index in [-0.39, 0.29) is 0 Å². The summed E-state index contributed by atoms with van der Waals surface area (Å²) in [7, 11) is 1.63. The quantitative estimate of drug-likeness (QED) is 0.820. The largest absolute Gasteiger partial charge is 0.496 e. The number of aryl methyl sites for hydroxylation is 1. The highest BCUT2D eigenvalue weighted by Crippen LogP contribution is 2.27. The number of methoxy groups -OCH3 is 1. The van der Waals surface area contributed by atoms with Crippen LogP contribution in [-0.4, -0.2) is 17.1 Å². The van der Waals surface area contributed by atoms with E-state index in [2.05, 4.69) is 31.2 Å². The number of benzene rings is 1. The highest BCUT2D eigenvalue weighted by Gasteiger charge is 2.08. The van der Waals surface area contributed by atoms with Gasteiger partial charge in [-0.25, -0.2) is 9.97 Å². The second-order valence-electron chi connectivity index (χ2n) is 4.12. The predicted octanol–water partition coefficient (Wildman–Crippen LogP) is 4.08. The first-order valence-corrected chi connectivity index (χ1v) is 7.39. The van der Waals surface area contributed by atoms with Crippen molar-refractivity contribution in [2.75, 3.05) is 12.4 Å². The van der Waals surface area contributed by atoms with Gasteiger partial charge in [0.2, 0.25) is 0 Å². The van der Waals surface area contributed by atoms with Crippen LogP contribution >= 0.6 is 27.5 Å². The Morgan fingerprint density at radius 3 is 2.85 bits per heavy atom. The molecule has 0 amide bonds. The molecule has 0 aliphatic carbocycles. The number of nitrogens with one attached hydrogen (secondary N) is 1. The summed E-state index contributed by atoms with van der Waals surface area (Å²) in [5, 5.41) is 3.91. The average molecular weight is 357 g/mol. The van der Waals surface area contributed by atoms with E-state index in [1.165, 1.54) is 0 Å². The van der Waals surface area contributed by atoms with Gasteiger partial charge in [0.25, 0.3) is 0 Å². The van der Waals surface area contributed by atoms with Gasteiger partial charge >= 0.3 is 0 Å². The third kappa shape index (κ3) is 3.61. The number of hydrogen-bond donors (Lipinski definition) is 1. The first kappa shape index (κ1) is 15.1. The van der Waals surface area contributed by atoms with Gasteiger partial charge in [-0.1, -0.05) is 24.6 Å². The van der Waals surface area contributed by atoms with Gasteiger partial charge in [-0.2, -0.15) is 0 Å². The fourth-order valence-electron chi connectivity index (χ4n) is 1.79. The maximum Gasteiger partial charge on any atom is 0.131 e. The van der Waals surface area contributed by atoms with Crippen molar-refractivity contribution in [3.8, 4) is 5.75 Å². The number of nitrogens with zero attached hydrogens (tertiary/aromatic N) is 2. The molecule has 2 rings (SSSR count). The zero-order chi connectivity index (χ0) is 14.5. The first-order valence-electron chi connectivity index (χ1n) is 6.22. The van der Waals surface area contributed by atoms with Crippen LogP contribution in [0, 0.1) is 0 Å². The summed E-state index contributed by atoms with van der Waals surface area (Å²) in [5.41, 5.74) is 0.907. The Morgan fingerprint density at radius 2 is 2.15 bits per heavy atom. The highest BCUT2D eigenvalue weighted by molar-refractivity contribution is 9.10. The molecule has 0 saturated heterocycles. The molecule has 106 valence electrons. The molecule has 1 aromatic carbocycles. The van der Waals surface area contributed by atoms with Crippen molar-refractivity contribution >= 4 is 33.3 Å². The fraction of sp³-hybridized carbons (Fsp3) is 0.286. The van der Waals surface area contributed by atoms with E-state index in [9.17, 15) is 0 Å². The molecule has 0 aliphatic rings. The average Bonchev–Trinajstić information content (AvgIpc) is 2.45. The van der Waals surface area contributed by atoms with Gasteiger partial charge in [-0.3, -0.25) is 0 Å². The Balaban J connectivity index is 2.19. The lowest BCUT2D eigenvalue weighted by atomic mass is 10.2. The van der Waals surface area contributed by atoms with Crippen LogP contribution in [0.2, 0.25) is 5.02 Å². The molecule has 0 fully saturated rings. The zero-order valence-electron chi connectivity index (χ0n) is 11.3. The number of ether oxygens (including phenoxy) is 1. The molecular formula is C14H15BrClN3O. The molecule has 4 nitrogen and oxygen atoms in total. The molecule has 2 aromatic rings. The maximum atomic E-state index is 6.20. The van der Waals surface area contributed by atoms with Crippen molar-refractivity contribution in [3.05, 3.63) is 45.3 Å². The van der Waals surface area contributed by atoms with Gasteiger partial charge in [-0.15, -0.1) is 0 Å². The number of halogens is 2. The van der Waals surface area contributed by atoms with Gasteiger partial charge in [-0.05, 0) is 28.1 Å². The van der Waals surface area contributed by atoms with Crippen LogP contribution < -0.4 is 10.1 Å². The van der Waals surface area contributed by atoms with Crippen molar-refractivity contribution in [2.24, 2.45) is 0 Å². The molecule has 6 heteroatoms. The minimum atomic E-state index is 0.537. The monoisotopic (exact) mass is 355 g/mol. The molecule has 0 saturated carbocycles. The minimum Gasteiger partial charge on any atom is -0.496 e. The Kier molecular flexibility index (Phi) is 5.20. The Labute approximate surface area is 131 Å². The topological polar surface area (TPSA) is 47.0 Å². The van der Waals surface area contributed by atoms with E-state index in [0.717, 1.165) is 34.0 Å². The molecular weight excluding hydrogens is 342 g/mol. The van der Waals surface area contributed by atoms with E-state index in [4.69, 9.17) is 16.3 Å². The highest BCUT2D eigenvalue weighted by atomic mass is 79.9. The van der Waals surface area contributed by atoms with Gasteiger partial charge < -0.3 is 10.1 Å². The van der Waals surface area contributed by atoms with Gasteiger partial charge in [0.1, 0.15) is 22.0 Å². The molecule has 20 heavy (non-hydrogen) atoms. The van der Waals surface area contributed by atoms with Crippen LogP contribution in [0.4, 0.5) is 5.82 Å². The van der Waals surface area contributed by atoms with Gasteiger partial charge in [0.05, 0.1) is 7.11 Å². The van der Waals surface area contributed by atoms with Crippen LogP contribution in [0.1, 0.15) is 18.3 Å². The number of hydrogen-bond acceptors (Lipinski definition) is 4. The molecule has 0 unspecified atom stereocenters. The van der Waals surface area contributed by atoms with E-state index >= 15 is 0 Å². The van der Waals surface area contributed by atoms with Crippen LogP contribution in [0.25, 0.3) is 0 Å². The van der Waals surface area contributed by atoms with E-state index in [1.54, 1.807) is 7.11 Å². The summed E-state index contributed by atoms with van der Waals surface area (Å²) in [5.74, 6) is 2.30.